The predicted molar refractivity (Wildman–Crippen MR) is 81.1 cm³/mol. The summed E-state index contributed by atoms with van der Waals surface area (Å²) in [5, 5.41) is 12.0. The van der Waals surface area contributed by atoms with Crippen LogP contribution in [0.25, 0.3) is 0 Å². The molecule has 1 aliphatic carbocycles. The van der Waals surface area contributed by atoms with Crippen LogP contribution in [0.15, 0.2) is 0 Å². The number of nitrogens with one attached hydrogen (secondary N) is 1. The molecule has 1 aliphatic heterocycles. The zero-order valence-electron chi connectivity index (χ0n) is 13.2. The second-order valence-electron chi connectivity index (χ2n) is 6.92. The molecule has 1 heterocycles. The quantitative estimate of drug-likeness (QED) is 0.819. The molecule has 1 saturated heterocycles. The lowest BCUT2D eigenvalue weighted by molar-refractivity contribution is -0.139. The van der Waals surface area contributed by atoms with E-state index in [4.69, 9.17) is 0 Å². The first kappa shape index (κ1) is 16.1. The third kappa shape index (κ3) is 4.11. The minimum atomic E-state index is -0.936. The summed E-state index contributed by atoms with van der Waals surface area (Å²) in [6, 6.07) is -0.638. The minimum Gasteiger partial charge on any atom is -0.480 e. The Morgan fingerprint density at radius 2 is 1.86 bits per heavy atom. The van der Waals surface area contributed by atoms with E-state index in [1.165, 1.54) is 25.7 Å². The molecule has 2 amide bonds. The van der Waals surface area contributed by atoms with Crippen molar-refractivity contribution in [3.63, 3.8) is 0 Å². The number of carbonyl (C=O) groups excluding carboxylic acids is 1. The van der Waals surface area contributed by atoms with Crippen LogP contribution in [-0.2, 0) is 4.79 Å². The maximum absolute atomic E-state index is 12.5. The van der Waals surface area contributed by atoms with Gasteiger partial charge < -0.3 is 15.3 Å². The van der Waals surface area contributed by atoms with Gasteiger partial charge in [-0.3, -0.25) is 0 Å². The minimum absolute atomic E-state index is 0.183. The lowest BCUT2D eigenvalue weighted by Crippen LogP contribution is -2.51. The van der Waals surface area contributed by atoms with E-state index in [9.17, 15) is 14.7 Å². The summed E-state index contributed by atoms with van der Waals surface area (Å²) in [4.78, 5) is 25.6. The maximum Gasteiger partial charge on any atom is 0.326 e. The lowest BCUT2D eigenvalue weighted by Gasteiger charge is -2.30. The summed E-state index contributed by atoms with van der Waals surface area (Å²) in [7, 11) is 0. The van der Waals surface area contributed by atoms with Crippen LogP contribution in [0.2, 0.25) is 0 Å². The summed E-state index contributed by atoms with van der Waals surface area (Å²) in [5.41, 5.74) is 0. The van der Waals surface area contributed by atoms with Crippen LogP contribution in [0.5, 0.6) is 0 Å². The van der Waals surface area contributed by atoms with Crippen molar-refractivity contribution in [1.29, 1.82) is 0 Å². The highest BCUT2D eigenvalue weighted by Crippen LogP contribution is 2.35. The van der Waals surface area contributed by atoms with Gasteiger partial charge in [-0.05, 0) is 43.9 Å². The van der Waals surface area contributed by atoms with Crippen LogP contribution in [0, 0.1) is 11.8 Å². The number of urea groups is 1. The van der Waals surface area contributed by atoms with E-state index >= 15 is 0 Å². The monoisotopic (exact) mass is 296 g/mol. The van der Waals surface area contributed by atoms with Gasteiger partial charge in [0.1, 0.15) is 6.04 Å². The van der Waals surface area contributed by atoms with Gasteiger partial charge in [0.05, 0.1) is 0 Å². The molecule has 2 atom stereocenters. The number of likely N-dealkylation sites (tertiary alicyclic amines) is 1. The van der Waals surface area contributed by atoms with E-state index in [1.54, 1.807) is 0 Å². The summed E-state index contributed by atoms with van der Waals surface area (Å²) >= 11 is 0. The highest BCUT2D eigenvalue weighted by atomic mass is 16.4. The first-order valence-corrected chi connectivity index (χ1v) is 8.29. The number of hydrogen-bond acceptors (Lipinski definition) is 2. The molecule has 0 radical (unpaired) electrons. The largest absolute Gasteiger partial charge is 0.480 e. The van der Waals surface area contributed by atoms with Gasteiger partial charge in [0.25, 0.3) is 0 Å². The third-order valence-corrected chi connectivity index (χ3v) is 4.81. The number of carboxylic acids is 1. The fourth-order valence-electron chi connectivity index (χ4n) is 3.80. The first-order chi connectivity index (χ1) is 9.99. The van der Waals surface area contributed by atoms with Crippen LogP contribution in [0.1, 0.15) is 58.8 Å². The van der Waals surface area contributed by atoms with Crippen LogP contribution in [0.3, 0.4) is 0 Å². The lowest BCUT2D eigenvalue weighted by atomic mass is 9.96. The molecule has 1 saturated carbocycles. The number of amides is 2. The summed E-state index contributed by atoms with van der Waals surface area (Å²) < 4.78 is 0. The molecule has 21 heavy (non-hydrogen) atoms. The van der Waals surface area contributed by atoms with E-state index in [1.807, 2.05) is 18.7 Å². The Morgan fingerprint density at radius 1 is 1.19 bits per heavy atom. The Morgan fingerprint density at radius 3 is 2.43 bits per heavy atom. The summed E-state index contributed by atoms with van der Waals surface area (Å²) in [6.45, 7) is 4.71. The van der Waals surface area contributed by atoms with Crippen molar-refractivity contribution >= 4 is 12.0 Å². The molecule has 0 aromatic heterocycles. The van der Waals surface area contributed by atoms with Crippen LogP contribution in [0.4, 0.5) is 4.79 Å². The zero-order chi connectivity index (χ0) is 15.4. The van der Waals surface area contributed by atoms with Crippen LogP contribution in [-0.4, -0.2) is 40.6 Å². The van der Waals surface area contributed by atoms with Gasteiger partial charge in [-0.15, -0.1) is 0 Å². The molecule has 2 fully saturated rings. The van der Waals surface area contributed by atoms with Gasteiger partial charge in [-0.2, -0.15) is 0 Å². The Labute approximate surface area is 127 Å². The molecule has 2 aliphatic rings. The van der Waals surface area contributed by atoms with Crippen molar-refractivity contribution in [1.82, 2.24) is 10.2 Å². The van der Waals surface area contributed by atoms with E-state index in [0.717, 1.165) is 19.4 Å². The number of carboxylic acid groups (broad SMARTS) is 1. The van der Waals surface area contributed by atoms with Gasteiger partial charge in [-0.1, -0.05) is 26.7 Å². The average molecular weight is 296 g/mol. The molecule has 0 aromatic rings. The molecular formula is C16H28N2O3. The number of hydrogen-bond donors (Lipinski definition) is 2. The van der Waals surface area contributed by atoms with Crippen molar-refractivity contribution in [3.8, 4) is 0 Å². The fourth-order valence-corrected chi connectivity index (χ4v) is 3.80. The molecule has 5 nitrogen and oxygen atoms in total. The topological polar surface area (TPSA) is 69.6 Å². The normalized spacial score (nSPS) is 24.5. The molecule has 2 rings (SSSR count). The predicted octanol–water partition coefficient (Wildman–Crippen LogP) is 2.85. The van der Waals surface area contributed by atoms with Crippen LogP contribution >= 0.6 is 0 Å². The molecule has 5 heteroatoms. The number of nitrogens with zero attached hydrogens (tertiary/aromatic N) is 1. The first-order valence-electron chi connectivity index (χ1n) is 8.29. The Bertz CT molecular complexity index is 378. The van der Waals surface area contributed by atoms with Crippen molar-refractivity contribution in [2.75, 3.05) is 6.54 Å². The number of rotatable bonds is 5. The SMILES string of the molecule is CC(C)C[C@@H](NC(=O)N1CCCC1C1CCCC1)C(=O)O. The summed E-state index contributed by atoms with van der Waals surface area (Å²) in [5.74, 6) is -0.0732. The third-order valence-electron chi connectivity index (χ3n) is 4.81. The Hall–Kier alpha value is -1.26. The second kappa shape index (κ2) is 7.14. The standard InChI is InChI=1S/C16H28N2O3/c1-11(2)10-13(15(19)20)17-16(21)18-9-5-8-14(18)12-6-3-4-7-12/h11-14H,3-10H2,1-2H3,(H,17,21)(H,19,20)/t13-,14?/m1/s1. The van der Waals surface area contributed by atoms with E-state index in [-0.39, 0.29) is 11.9 Å². The van der Waals surface area contributed by atoms with Crippen molar-refractivity contribution in [3.05, 3.63) is 0 Å². The van der Waals surface area contributed by atoms with Gasteiger partial charge in [0.2, 0.25) is 0 Å². The molecule has 2 N–H and O–H groups in total. The van der Waals surface area contributed by atoms with Crippen LogP contribution < -0.4 is 5.32 Å². The van der Waals surface area contributed by atoms with Gasteiger partial charge >= 0.3 is 12.0 Å². The van der Waals surface area contributed by atoms with Crippen molar-refractivity contribution in [2.45, 2.75) is 70.9 Å². The smallest absolute Gasteiger partial charge is 0.326 e. The Balaban J connectivity index is 1.95. The maximum atomic E-state index is 12.5. The van der Waals surface area contributed by atoms with Gasteiger partial charge in [0, 0.05) is 12.6 Å². The highest BCUT2D eigenvalue weighted by Gasteiger charge is 2.37. The highest BCUT2D eigenvalue weighted by molar-refractivity contribution is 5.82. The molecule has 0 bridgehead atoms. The van der Waals surface area contributed by atoms with E-state index in [2.05, 4.69) is 5.32 Å². The Kier molecular flexibility index (Phi) is 5.48. The molecule has 0 aromatic carbocycles. The average Bonchev–Trinajstić information content (AvgIpc) is 3.07. The van der Waals surface area contributed by atoms with E-state index < -0.39 is 12.0 Å². The number of aliphatic carboxylic acids is 1. The zero-order valence-corrected chi connectivity index (χ0v) is 13.2. The molecule has 0 spiro atoms. The van der Waals surface area contributed by atoms with Crippen molar-refractivity contribution in [2.24, 2.45) is 11.8 Å². The molecule has 120 valence electrons. The number of carbonyl (C=O) groups is 2. The summed E-state index contributed by atoms with van der Waals surface area (Å²) in [6.07, 6.45) is 7.54. The fraction of sp³-hybridized carbons (Fsp3) is 0.875. The van der Waals surface area contributed by atoms with E-state index in [0.29, 0.717) is 18.4 Å². The van der Waals surface area contributed by atoms with Crippen molar-refractivity contribution < 1.29 is 14.7 Å². The second-order valence-corrected chi connectivity index (χ2v) is 6.92. The van der Waals surface area contributed by atoms with Gasteiger partial charge in [-0.25, -0.2) is 9.59 Å². The molecular weight excluding hydrogens is 268 g/mol. The molecule has 1 unspecified atom stereocenters. The van der Waals surface area contributed by atoms with Gasteiger partial charge in [0.15, 0.2) is 0 Å².